The molecule has 3 aromatic carbocycles. The average Bonchev–Trinajstić information content (AvgIpc) is 3.41. The number of methoxy groups -OCH3 is 2. The fraction of sp³-hybridized carbons (Fsp3) is 0.107. The SMILES string of the molecule is COc1ccc(-c2cc(C(F)F)n3ncc(C(=O)Nc4ccc(S(=O)(=O)Nc5ccccc5OC)cc4)c3n2)cc1. The number of anilines is 2. The van der Waals surface area contributed by atoms with Gasteiger partial charge in [0.2, 0.25) is 0 Å². The maximum absolute atomic E-state index is 13.9. The summed E-state index contributed by atoms with van der Waals surface area (Å²) in [5.74, 6) is 0.275. The third-order valence-corrected chi connectivity index (χ3v) is 7.51. The van der Waals surface area contributed by atoms with Gasteiger partial charge in [0, 0.05) is 11.3 Å². The maximum Gasteiger partial charge on any atom is 0.280 e. The van der Waals surface area contributed by atoms with Crippen LogP contribution in [0.2, 0.25) is 0 Å². The number of alkyl halides is 2. The van der Waals surface area contributed by atoms with Crippen LogP contribution in [0, 0.1) is 0 Å². The Bertz CT molecular complexity index is 1830. The molecule has 13 heteroatoms. The molecule has 0 aliphatic carbocycles. The zero-order chi connectivity index (χ0) is 29.1. The summed E-state index contributed by atoms with van der Waals surface area (Å²) in [5, 5.41) is 6.60. The van der Waals surface area contributed by atoms with Gasteiger partial charge in [0.15, 0.2) is 5.65 Å². The maximum atomic E-state index is 13.9. The van der Waals surface area contributed by atoms with Crippen LogP contribution in [0.25, 0.3) is 16.9 Å². The number of hydrogen-bond donors (Lipinski definition) is 2. The lowest BCUT2D eigenvalue weighted by Crippen LogP contribution is -2.15. The molecular weight excluding hydrogens is 556 g/mol. The van der Waals surface area contributed by atoms with Gasteiger partial charge in [0.05, 0.1) is 36.7 Å². The molecule has 0 spiro atoms. The van der Waals surface area contributed by atoms with Crippen LogP contribution in [-0.2, 0) is 10.0 Å². The highest BCUT2D eigenvalue weighted by Gasteiger charge is 2.22. The van der Waals surface area contributed by atoms with Crippen LogP contribution in [0.4, 0.5) is 20.2 Å². The average molecular weight is 580 g/mol. The van der Waals surface area contributed by atoms with E-state index in [4.69, 9.17) is 9.47 Å². The highest BCUT2D eigenvalue weighted by atomic mass is 32.2. The van der Waals surface area contributed by atoms with E-state index in [1.54, 1.807) is 48.5 Å². The third kappa shape index (κ3) is 5.65. The first-order valence-corrected chi connectivity index (χ1v) is 13.6. The summed E-state index contributed by atoms with van der Waals surface area (Å²) in [4.78, 5) is 17.5. The number of nitrogens with one attached hydrogen (secondary N) is 2. The summed E-state index contributed by atoms with van der Waals surface area (Å²) in [6.07, 6.45) is -1.73. The van der Waals surface area contributed by atoms with Gasteiger partial charge in [-0.1, -0.05) is 12.1 Å². The molecule has 0 bridgehead atoms. The molecule has 0 atom stereocenters. The van der Waals surface area contributed by atoms with E-state index in [0.717, 1.165) is 10.7 Å². The Morgan fingerprint density at radius 3 is 2.32 bits per heavy atom. The van der Waals surface area contributed by atoms with Gasteiger partial charge in [-0.15, -0.1) is 0 Å². The molecule has 10 nitrogen and oxygen atoms in total. The first-order valence-electron chi connectivity index (χ1n) is 12.1. The van der Waals surface area contributed by atoms with Gasteiger partial charge in [0.1, 0.15) is 22.8 Å². The number of hydrogen-bond acceptors (Lipinski definition) is 7. The second-order valence-corrected chi connectivity index (χ2v) is 10.4. The predicted molar refractivity (Wildman–Crippen MR) is 148 cm³/mol. The molecule has 0 aliphatic rings. The molecule has 0 aliphatic heterocycles. The quantitative estimate of drug-likeness (QED) is 0.240. The van der Waals surface area contributed by atoms with Gasteiger partial charge in [-0.3, -0.25) is 9.52 Å². The predicted octanol–water partition coefficient (Wildman–Crippen LogP) is 5.40. The number of sulfonamides is 1. The molecule has 0 saturated carbocycles. The fourth-order valence-corrected chi connectivity index (χ4v) is 5.13. The number of carbonyl (C=O) groups is 1. The lowest BCUT2D eigenvalue weighted by atomic mass is 10.1. The summed E-state index contributed by atoms with van der Waals surface area (Å²) in [6, 6.07) is 19.9. The molecule has 2 heterocycles. The van der Waals surface area contributed by atoms with Gasteiger partial charge in [-0.05, 0) is 66.7 Å². The van der Waals surface area contributed by atoms with Crippen LogP contribution in [0.3, 0.4) is 0 Å². The van der Waals surface area contributed by atoms with Crippen molar-refractivity contribution in [1.29, 1.82) is 0 Å². The number of fused-ring (bicyclic) bond motifs is 1. The number of halogens is 2. The van der Waals surface area contributed by atoms with E-state index < -0.39 is 28.0 Å². The number of para-hydroxylation sites is 2. The number of aromatic nitrogens is 3. The van der Waals surface area contributed by atoms with Gasteiger partial charge in [-0.25, -0.2) is 26.7 Å². The normalized spacial score (nSPS) is 11.4. The fourth-order valence-electron chi connectivity index (χ4n) is 4.06. The van der Waals surface area contributed by atoms with Crippen molar-refractivity contribution < 1.29 is 31.5 Å². The first-order chi connectivity index (χ1) is 19.7. The number of rotatable bonds is 9. The van der Waals surface area contributed by atoms with Crippen molar-refractivity contribution in [2.45, 2.75) is 11.3 Å². The molecule has 210 valence electrons. The summed E-state index contributed by atoms with van der Waals surface area (Å²) >= 11 is 0. The second kappa shape index (κ2) is 11.2. The van der Waals surface area contributed by atoms with Crippen LogP contribution in [-0.4, -0.2) is 43.1 Å². The molecule has 2 aromatic heterocycles. The topological polar surface area (TPSA) is 124 Å². The number of carbonyl (C=O) groups excluding carboxylic acids is 1. The van der Waals surface area contributed by atoms with Crippen molar-refractivity contribution in [2.75, 3.05) is 24.3 Å². The summed E-state index contributed by atoms with van der Waals surface area (Å²) in [7, 11) is -1.02. The molecule has 0 radical (unpaired) electrons. The van der Waals surface area contributed by atoms with Crippen molar-refractivity contribution >= 4 is 33.0 Å². The van der Waals surface area contributed by atoms with Crippen molar-refractivity contribution in [3.63, 3.8) is 0 Å². The third-order valence-electron chi connectivity index (χ3n) is 6.13. The number of amides is 1. The van der Waals surface area contributed by atoms with Crippen LogP contribution in [0.1, 0.15) is 22.5 Å². The number of benzene rings is 3. The van der Waals surface area contributed by atoms with E-state index in [2.05, 4.69) is 20.1 Å². The Hall–Kier alpha value is -5.04. The standard InChI is InChI=1S/C28H23F2N5O5S/c1-39-19-11-7-17(8-12-19)23-15-24(26(29)30)35-27(33-23)21(16-31-35)28(36)32-18-9-13-20(14-10-18)41(37,38)34-22-5-3-4-6-25(22)40-2/h3-16,26,34H,1-2H3,(H,32,36). The lowest BCUT2D eigenvalue weighted by Gasteiger charge is -2.12. The van der Waals surface area contributed by atoms with Crippen molar-refractivity contribution in [2.24, 2.45) is 0 Å². The largest absolute Gasteiger partial charge is 0.497 e. The molecular formula is C28H23F2N5O5S. The van der Waals surface area contributed by atoms with Crippen molar-refractivity contribution in [3.05, 3.63) is 96.3 Å². The molecule has 0 saturated heterocycles. The minimum atomic E-state index is -3.96. The van der Waals surface area contributed by atoms with E-state index in [9.17, 15) is 22.0 Å². The zero-order valence-electron chi connectivity index (χ0n) is 21.7. The Labute approximate surface area is 233 Å². The first kappa shape index (κ1) is 27.5. The minimum absolute atomic E-state index is 0.0446. The Morgan fingerprint density at radius 2 is 1.66 bits per heavy atom. The van der Waals surface area contributed by atoms with E-state index in [1.807, 2.05) is 0 Å². The minimum Gasteiger partial charge on any atom is -0.497 e. The molecule has 0 fully saturated rings. The Kier molecular flexibility index (Phi) is 7.53. The van der Waals surface area contributed by atoms with Crippen LogP contribution in [0.15, 0.2) is 90.0 Å². The smallest absolute Gasteiger partial charge is 0.280 e. The number of ether oxygens (including phenoxy) is 2. The molecule has 41 heavy (non-hydrogen) atoms. The van der Waals surface area contributed by atoms with Crippen LogP contribution in [0.5, 0.6) is 11.5 Å². The van der Waals surface area contributed by atoms with Gasteiger partial charge in [0.25, 0.3) is 22.4 Å². The van der Waals surface area contributed by atoms with Gasteiger partial charge >= 0.3 is 0 Å². The molecule has 2 N–H and O–H groups in total. The van der Waals surface area contributed by atoms with Crippen molar-refractivity contribution in [1.82, 2.24) is 14.6 Å². The highest BCUT2D eigenvalue weighted by molar-refractivity contribution is 7.92. The van der Waals surface area contributed by atoms with Gasteiger partial charge < -0.3 is 14.8 Å². The molecule has 5 rings (SSSR count). The zero-order valence-corrected chi connectivity index (χ0v) is 22.5. The van der Waals surface area contributed by atoms with E-state index in [1.165, 1.54) is 44.6 Å². The van der Waals surface area contributed by atoms with E-state index in [0.29, 0.717) is 17.1 Å². The van der Waals surface area contributed by atoms with E-state index >= 15 is 0 Å². The molecule has 0 unspecified atom stereocenters. The Morgan fingerprint density at radius 1 is 0.951 bits per heavy atom. The van der Waals surface area contributed by atoms with Gasteiger partial charge in [-0.2, -0.15) is 5.10 Å². The summed E-state index contributed by atoms with van der Waals surface area (Å²) in [5.41, 5.74) is 0.764. The highest BCUT2D eigenvalue weighted by Crippen LogP contribution is 2.29. The molecule has 1 amide bonds. The van der Waals surface area contributed by atoms with Crippen molar-refractivity contribution in [3.8, 4) is 22.8 Å². The summed E-state index contributed by atoms with van der Waals surface area (Å²) in [6.45, 7) is 0. The Balaban J connectivity index is 1.41. The molecule has 5 aromatic rings. The van der Waals surface area contributed by atoms with Crippen LogP contribution < -0.4 is 19.5 Å². The van der Waals surface area contributed by atoms with E-state index in [-0.39, 0.29) is 33.2 Å². The lowest BCUT2D eigenvalue weighted by molar-refractivity contribution is 0.102. The second-order valence-electron chi connectivity index (χ2n) is 8.67. The monoisotopic (exact) mass is 579 g/mol. The summed E-state index contributed by atoms with van der Waals surface area (Å²) < 4.78 is 67.3. The van der Waals surface area contributed by atoms with Crippen LogP contribution >= 0.6 is 0 Å². The number of nitrogens with zero attached hydrogens (tertiary/aromatic N) is 3.